The summed E-state index contributed by atoms with van der Waals surface area (Å²) >= 11 is 5.65. The minimum atomic E-state index is 0.419. The zero-order valence-electron chi connectivity index (χ0n) is 9.86. The van der Waals surface area contributed by atoms with Crippen molar-refractivity contribution < 1.29 is 4.74 Å². The quantitative estimate of drug-likeness (QED) is 0.818. The summed E-state index contributed by atoms with van der Waals surface area (Å²) in [5, 5.41) is 11.5. The van der Waals surface area contributed by atoms with E-state index in [1.165, 1.54) is 12.8 Å². The molecule has 0 radical (unpaired) electrons. The largest absolute Gasteiger partial charge is 0.375 e. The van der Waals surface area contributed by atoms with Crippen LogP contribution in [0.5, 0.6) is 0 Å². The molecule has 17 heavy (non-hydrogen) atoms. The summed E-state index contributed by atoms with van der Waals surface area (Å²) in [6, 6.07) is 3.58. The molecule has 5 heteroatoms. The summed E-state index contributed by atoms with van der Waals surface area (Å²) in [7, 11) is 0. The van der Waals surface area contributed by atoms with Crippen molar-refractivity contribution in [2.45, 2.75) is 25.9 Å². The molecule has 2 rings (SSSR count). The number of hydrogen-bond donors (Lipinski definition) is 1. The van der Waals surface area contributed by atoms with Crippen LogP contribution in [0.4, 0.5) is 0 Å². The molecule has 1 fully saturated rings. The van der Waals surface area contributed by atoms with Crippen molar-refractivity contribution >= 4 is 11.6 Å². The Kier molecular flexibility index (Phi) is 5.16. The van der Waals surface area contributed by atoms with Crippen LogP contribution in [-0.2, 0) is 11.3 Å². The Bertz CT molecular complexity index is 325. The van der Waals surface area contributed by atoms with Crippen molar-refractivity contribution in [3.8, 4) is 0 Å². The number of rotatable bonds is 5. The molecular weight excluding hydrogens is 238 g/mol. The number of hydrogen-bond acceptors (Lipinski definition) is 4. The summed E-state index contributed by atoms with van der Waals surface area (Å²) in [5.41, 5.74) is 0.830. The van der Waals surface area contributed by atoms with Gasteiger partial charge in [0.05, 0.1) is 12.3 Å². The molecule has 1 atom stereocenters. The zero-order valence-corrected chi connectivity index (χ0v) is 10.6. The first-order chi connectivity index (χ1) is 8.34. The van der Waals surface area contributed by atoms with Crippen molar-refractivity contribution in [1.29, 1.82) is 0 Å². The molecule has 0 bridgehead atoms. The van der Waals surface area contributed by atoms with Crippen LogP contribution in [0, 0.1) is 5.92 Å². The smallest absolute Gasteiger partial charge is 0.151 e. The van der Waals surface area contributed by atoms with Crippen molar-refractivity contribution in [2.24, 2.45) is 5.92 Å². The lowest BCUT2D eigenvalue weighted by atomic mass is 9.97. The second-order valence-electron chi connectivity index (χ2n) is 4.40. The van der Waals surface area contributed by atoms with Gasteiger partial charge in [0.15, 0.2) is 5.15 Å². The van der Waals surface area contributed by atoms with Gasteiger partial charge >= 0.3 is 0 Å². The molecule has 1 aromatic rings. The fourth-order valence-electron chi connectivity index (χ4n) is 2.02. The van der Waals surface area contributed by atoms with Gasteiger partial charge in [-0.15, -0.1) is 5.10 Å². The van der Waals surface area contributed by atoms with Gasteiger partial charge < -0.3 is 10.1 Å². The van der Waals surface area contributed by atoms with Crippen molar-refractivity contribution in [2.75, 3.05) is 19.7 Å². The normalized spacial score (nSPS) is 20.4. The van der Waals surface area contributed by atoms with E-state index in [4.69, 9.17) is 16.3 Å². The Balaban J connectivity index is 1.60. The van der Waals surface area contributed by atoms with Crippen LogP contribution < -0.4 is 5.32 Å². The molecule has 1 aliphatic heterocycles. The van der Waals surface area contributed by atoms with E-state index in [9.17, 15) is 0 Å². The van der Waals surface area contributed by atoms with Gasteiger partial charge in [-0.3, -0.25) is 0 Å². The van der Waals surface area contributed by atoms with E-state index in [-0.39, 0.29) is 0 Å². The summed E-state index contributed by atoms with van der Waals surface area (Å²) in [4.78, 5) is 0. The van der Waals surface area contributed by atoms with Crippen molar-refractivity contribution in [3.63, 3.8) is 0 Å². The van der Waals surface area contributed by atoms with Crippen LogP contribution >= 0.6 is 11.6 Å². The topological polar surface area (TPSA) is 47.0 Å². The highest BCUT2D eigenvalue weighted by Gasteiger charge is 2.12. The fraction of sp³-hybridized carbons (Fsp3) is 0.667. The van der Waals surface area contributed by atoms with Crippen molar-refractivity contribution in [1.82, 2.24) is 15.5 Å². The standard InChI is InChI=1S/C12H18ClN3O/c13-12-4-3-11(15-16-12)9-17-7-5-10-2-1-6-14-8-10/h3-4,10,14H,1-2,5-9H2. The molecule has 0 saturated carbocycles. The highest BCUT2D eigenvalue weighted by Crippen LogP contribution is 2.14. The number of ether oxygens (including phenoxy) is 1. The average molecular weight is 256 g/mol. The van der Waals surface area contributed by atoms with Gasteiger partial charge in [0.2, 0.25) is 0 Å². The van der Waals surface area contributed by atoms with Gasteiger partial charge in [0, 0.05) is 6.61 Å². The summed E-state index contributed by atoms with van der Waals surface area (Å²) in [6.45, 7) is 3.60. The predicted molar refractivity (Wildman–Crippen MR) is 66.9 cm³/mol. The first-order valence-electron chi connectivity index (χ1n) is 6.11. The van der Waals surface area contributed by atoms with Crippen LogP contribution in [0.2, 0.25) is 5.15 Å². The Morgan fingerprint density at radius 3 is 3.06 bits per heavy atom. The molecule has 1 aromatic heterocycles. The number of halogens is 1. The van der Waals surface area contributed by atoms with E-state index in [1.807, 2.05) is 6.07 Å². The highest BCUT2D eigenvalue weighted by atomic mass is 35.5. The molecule has 1 unspecified atom stereocenters. The second kappa shape index (κ2) is 6.89. The molecule has 1 saturated heterocycles. The Hall–Kier alpha value is -0.710. The SMILES string of the molecule is Clc1ccc(COCCC2CCCNC2)nn1. The van der Waals surface area contributed by atoms with E-state index < -0.39 is 0 Å². The van der Waals surface area contributed by atoms with Crippen LogP contribution in [0.3, 0.4) is 0 Å². The molecule has 94 valence electrons. The van der Waals surface area contributed by atoms with Crippen LogP contribution in [0.25, 0.3) is 0 Å². The first-order valence-corrected chi connectivity index (χ1v) is 6.49. The predicted octanol–water partition coefficient (Wildman–Crippen LogP) is 2.04. The molecule has 1 N–H and O–H groups in total. The Morgan fingerprint density at radius 1 is 1.41 bits per heavy atom. The maximum Gasteiger partial charge on any atom is 0.151 e. The lowest BCUT2D eigenvalue weighted by Gasteiger charge is -2.22. The molecule has 0 aliphatic carbocycles. The van der Waals surface area contributed by atoms with Crippen molar-refractivity contribution in [3.05, 3.63) is 23.0 Å². The van der Waals surface area contributed by atoms with E-state index in [1.54, 1.807) is 6.07 Å². The van der Waals surface area contributed by atoms with Crippen LogP contribution in [-0.4, -0.2) is 29.9 Å². The minimum Gasteiger partial charge on any atom is -0.375 e. The van der Waals surface area contributed by atoms with Gasteiger partial charge in [-0.25, -0.2) is 0 Å². The number of nitrogens with zero attached hydrogens (tertiary/aromatic N) is 2. The molecule has 1 aliphatic rings. The van der Waals surface area contributed by atoms with Gasteiger partial charge in [0.1, 0.15) is 0 Å². The maximum absolute atomic E-state index is 5.65. The summed E-state index contributed by atoms with van der Waals surface area (Å²) in [6.07, 6.45) is 3.72. The molecular formula is C12H18ClN3O. The van der Waals surface area contributed by atoms with E-state index >= 15 is 0 Å². The second-order valence-corrected chi connectivity index (χ2v) is 4.79. The van der Waals surface area contributed by atoms with Crippen LogP contribution in [0.1, 0.15) is 25.0 Å². The fourth-order valence-corrected chi connectivity index (χ4v) is 2.12. The van der Waals surface area contributed by atoms with Gasteiger partial charge in [-0.1, -0.05) is 11.6 Å². The molecule has 0 spiro atoms. The maximum atomic E-state index is 5.65. The average Bonchev–Trinajstić information content (AvgIpc) is 2.38. The van der Waals surface area contributed by atoms with E-state index in [2.05, 4.69) is 15.5 Å². The minimum absolute atomic E-state index is 0.419. The Labute approximate surface area is 107 Å². The van der Waals surface area contributed by atoms with Gasteiger partial charge in [-0.05, 0) is 50.4 Å². The third-order valence-corrected chi connectivity index (χ3v) is 3.21. The summed E-state index contributed by atoms with van der Waals surface area (Å²) < 4.78 is 5.59. The molecule has 0 amide bonds. The van der Waals surface area contributed by atoms with Gasteiger partial charge in [0.25, 0.3) is 0 Å². The lowest BCUT2D eigenvalue weighted by molar-refractivity contribution is 0.101. The zero-order chi connectivity index (χ0) is 11.9. The third-order valence-electron chi connectivity index (χ3n) is 3.01. The van der Waals surface area contributed by atoms with E-state index in [0.717, 1.165) is 37.7 Å². The highest BCUT2D eigenvalue weighted by molar-refractivity contribution is 6.29. The molecule has 2 heterocycles. The number of aromatic nitrogens is 2. The van der Waals surface area contributed by atoms with Crippen LogP contribution in [0.15, 0.2) is 12.1 Å². The van der Waals surface area contributed by atoms with Gasteiger partial charge in [-0.2, -0.15) is 5.10 Å². The number of piperidine rings is 1. The summed E-state index contributed by atoms with van der Waals surface area (Å²) in [5.74, 6) is 0.764. The third kappa shape index (κ3) is 4.58. The lowest BCUT2D eigenvalue weighted by Crippen LogP contribution is -2.30. The molecule has 4 nitrogen and oxygen atoms in total. The number of nitrogens with one attached hydrogen (secondary N) is 1. The monoisotopic (exact) mass is 255 g/mol. The Morgan fingerprint density at radius 2 is 2.35 bits per heavy atom. The first kappa shape index (κ1) is 12.7. The van der Waals surface area contributed by atoms with E-state index in [0.29, 0.717) is 11.8 Å². The molecule has 0 aromatic carbocycles.